The van der Waals surface area contributed by atoms with Crippen molar-refractivity contribution in [1.29, 1.82) is 0 Å². The summed E-state index contributed by atoms with van der Waals surface area (Å²) in [5, 5.41) is 9.91. The molecule has 0 amide bonds. The predicted molar refractivity (Wildman–Crippen MR) is 52.6 cm³/mol. The second kappa shape index (κ2) is 4.26. The molecule has 84 valence electrons. The number of hydrogen-bond donors (Lipinski definition) is 2. The van der Waals surface area contributed by atoms with Crippen LogP contribution in [-0.4, -0.2) is 22.2 Å². The van der Waals surface area contributed by atoms with E-state index >= 15 is 0 Å². The lowest BCUT2D eigenvalue weighted by atomic mass is 9.92. The summed E-state index contributed by atoms with van der Waals surface area (Å²) in [6.45, 7) is 0.677. The minimum absolute atomic E-state index is 0.00758. The van der Waals surface area contributed by atoms with Gasteiger partial charge in [-0.2, -0.15) is 5.10 Å². The Kier molecular flexibility index (Phi) is 3.00. The smallest absolute Gasteiger partial charge is 0.248 e. The van der Waals surface area contributed by atoms with E-state index < -0.39 is 5.92 Å². The van der Waals surface area contributed by atoms with Gasteiger partial charge in [-0.25, -0.2) is 8.78 Å². The van der Waals surface area contributed by atoms with Crippen molar-refractivity contribution >= 4 is 0 Å². The Labute approximate surface area is 87.3 Å². The first kappa shape index (κ1) is 10.5. The van der Waals surface area contributed by atoms with E-state index in [1.165, 1.54) is 0 Å². The molecule has 15 heavy (non-hydrogen) atoms. The van der Waals surface area contributed by atoms with Crippen LogP contribution in [-0.2, 0) is 6.54 Å². The van der Waals surface area contributed by atoms with Crippen LogP contribution in [0.25, 0.3) is 0 Å². The van der Waals surface area contributed by atoms with Gasteiger partial charge in [-0.3, -0.25) is 5.10 Å². The summed E-state index contributed by atoms with van der Waals surface area (Å²) in [4.78, 5) is 0. The Bertz CT molecular complexity index is 288. The number of nitrogens with zero attached hydrogens (tertiary/aromatic N) is 1. The summed E-state index contributed by atoms with van der Waals surface area (Å²) in [6.07, 6.45) is 2.82. The highest BCUT2D eigenvalue weighted by molar-refractivity contribution is 4.97. The average molecular weight is 215 g/mol. The summed E-state index contributed by atoms with van der Waals surface area (Å²) >= 11 is 0. The van der Waals surface area contributed by atoms with Crippen molar-refractivity contribution in [3.63, 3.8) is 0 Å². The van der Waals surface area contributed by atoms with Crippen LogP contribution in [0.4, 0.5) is 8.78 Å². The number of rotatable bonds is 3. The molecule has 3 nitrogen and oxygen atoms in total. The Morgan fingerprint density at radius 2 is 2.20 bits per heavy atom. The van der Waals surface area contributed by atoms with Crippen molar-refractivity contribution in [2.24, 2.45) is 0 Å². The third-order valence-electron chi connectivity index (χ3n) is 2.86. The molecule has 0 spiro atoms. The van der Waals surface area contributed by atoms with Gasteiger partial charge >= 0.3 is 0 Å². The molecule has 1 aliphatic rings. The first-order valence-corrected chi connectivity index (χ1v) is 5.25. The zero-order valence-corrected chi connectivity index (χ0v) is 8.47. The molecule has 0 radical (unpaired) electrons. The molecule has 0 aromatic carbocycles. The zero-order valence-electron chi connectivity index (χ0n) is 8.47. The lowest BCUT2D eigenvalue weighted by Crippen LogP contribution is -2.36. The van der Waals surface area contributed by atoms with Crippen molar-refractivity contribution in [3.05, 3.63) is 18.0 Å². The van der Waals surface area contributed by atoms with Gasteiger partial charge in [-0.1, -0.05) is 0 Å². The first-order valence-electron chi connectivity index (χ1n) is 5.25. The third kappa shape index (κ3) is 2.99. The molecule has 1 saturated carbocycles. The number of hydrogen-bond acceptors (Lipinski definition) is 2. The van der Waals surface area contributed by atoms with Gasteiger partial charge < -0.3 is 5.32 Å². The first-order chi connectivity index (χ1) is 7.16. The maximum atomic E-state index is 12.8. The van der Waals surface area contributed by atoms with E-state index in [9.17, 15) is 8.78 Å². The van der Waals surface area contributed by atoms with Gasteiger partial charge in [-0.15, -0.1) is 0 Å². The highest BCUT2D eigenvalue weighted by atomic mass is 19.3. The van der Waals surface area contributed by atoms with E-state index in [1.54, 1.807) is 6.20 Å². The number of halogens is 2. The standard InChI is InChI=1S/C10H15F2N3/c11-10(12)4-1-8(2-5-10)13-7-9-3-6-14-15-9/h3,6,8,13H,1-2,4-5,7H2,(H,14,15). The largest absolute Gasteiger partial charge is 0.308 e. The Morgan fingerprint density at radius 1 is 1.47 bits per heavy atom. The van der Waals surface area contributed by atoms with Crippen LogP contribution in [0.15, 0.2) is 12.3 Å². The average Bonchev–Trinajstić information content (AvgIpc) is 2.69. The normalized spacial score (nSPS) is 21.7. The SMILES string of the molecule is FC1(F)CCC(NCc2ccn[nH]2)CC1. The molecule has 1 aromatic rings. The van der Waals surface area contributed by atoms with Gasteiger partial charge in [0.1, 0.15) is 0 Å². The quantitative estimate of drug-likeness (QED) is 0.810. The fourth-order valence-electron chi connectivity index (χ4n) is 1.88. The summed E-state index contributed by atoms with van der Waals surface area (Å²) in [7, 11) is 0. The van der Waals surface area contributed by atoms with Crippen LogP contribution in [0.1, 0.15) is 31.4 Å². The van der Waals surface area contributed by atoms with Gasteiger partial charge in [0, 0.05) is 37.3 Å². The summed E-state index contributed by atoms with van der Waals surface area (Å²) in [6, 6.07) is 2.10. The van der Waals surface area contributed by atoms with Crippen LogP contribution in [0.3, 0.4) is 0 Å². The van der Waals surface area contributed by atoms with Crippen LogP contribution >= 0.6 is 0 Å². The van der Waals surface area contributed by atoms with Crippen molar-refractivity contribution in [2.75, 3.05) is 0 Å². The Hall–Kier alpha value is -0.970. The molecule has 1 aromatic heterocycles. The van der Waals surface area contributed by atoms with E-state index in [1.807, 2.05) is 6.07 Å². The lowest BCUT2D eigenvalue weighted by Gasteiger charge is -2.28. The minimum Gasteiger partial charge on any atom is -0.308 e. The van der Waals surface area contributed by atoms with E-state index in [0.717, 1.165) is 5.69 Å². The fraction of sp³-hybridized carbons (Fsp3) is 0.700. The van der Waals surface area contributed by atoms with Gasteiger partial charge in [0.15, 0.2) is 0 Å². The highest BCUT2D eigenvalue weighted by Crippen LogP contribution is 2.32. The Morgan fingerprint density at radius 3 is 2.80 bits per heavy atom. The molecular formula is C10H15F2N3. The molecule has 0 unspecified atom stereocenters. The van der Waals surface area contributed by atoms with Crippen LogP contribution in [0.2, 0.25) is 0 Å². The molecule has 5 heteroatoms. The molecular weight excluding hydrogens is 200 g/mol. The second-order valence-corrected chi connectivity index (χ2v) is 4.09. The van der Waals surface area contributed by atoms with Crippen LogP contribution in [0.5, 0.6) is 0 Å². The number of H-pyrrole nitrogens is 1. The Balaban J connectivity index is 1.73. The predicted octanol–water partition coefficient (Wildman–Crippen LogP) is 2.08. The van der Waals surface area contributed by atoms with E-state index in [0.29, 0.717) is 19.4 Å². The zero-order chi connectivity index (χ0) is 10.7. The maximum absolute atomic E-state index is 12.8. The van der Waals surface area contributed by atoms with Crippen LogP contribution in [0, 0.1) is 0 Å². The monoisotopic (exact) mass is 215 g/mol. The fourth-order valence-corrected chi connectivity index (χ4v) is 1.88. The van der Waals surface area contributed by atoms with Crippen molar-refractivity contribution < 1.29 is 8.78 Å². The number of aromatic amines is 1. The molecule has 0 atom stereocenters. The van der Waals surface area contributed by atoms with E-state index in [4.69, 9.17) is 0 Å². The lowest BCUT2D eigenvalue weighted by molar-refractivity contribution is -0.0405. The summed E-state index contributed by atoms with van der Waals surface area (Å²) in [5.41, 5.74) is 0.993. The van der Waals surface area contributed by atoms with Crippen molar-refractivity contribution in [2.45, 2.75) is 44.2 Å². The third-order valence-corrected chi connectivity index (χ3v) is 2.86. The molecule has 1 heterocycles. The maximum Gasteiger partial charge on any atom is 0.248 e. The van der Waals surface area contributed by atoms with Crippen molar-refractivity contribution in [3.8, 4) is 0 Å². The molecule has 2 N–H and O–H groups in total. The van der Waals surface area contributed by atoms with Crippen LogP contribution < -0.4 is 5.32 Å². The van der Waals surface area contributed by atoms with E-state index in [-0.39, 0.29) is 18.9 Å². The number of alkyl halides is 2. The van der Waals surface area contributed by atoms with Gasteiger partial charge in [0.25, 0.3) is 0 Å². The molecule has 0 aliphatic heterocycles. The summed E-state index contributed by atoms with van der Waals surface area (Å²) < 4.78 is 25.7. The van der Waals surface area contributed by atoms with Gasteiger partial charge in [0.05, 0.1) is 0 Å². The number of nitrogens with one attached hydrogen (secondary N) is 2. The highest BCUT2D eigenvalue weighted by Gasteiger charge is 2.34. The van der Waals surface area contributed by atoms with Crippen molar-refractivity contribution in [1.82, 2.24) is 15.5 Å². The molecule has 1 aliphatic carbocycles. The number of aromatic nitrogens is 2. The topological polar surface area (TPSA) is 40.7 Å². The van der Waals surface area contributed by atoms with Gasteiger partial charge in [-0.05, 0) is 18.9 Å². The molecule has 2 rings (SSSR count). The molecule has 0 bridgehead atoms. The second-order valence-electron chi connectivity index (χ2n) is 4.09. The minimum atomic E-state index is -2.44. The molecule has 1 fully saturated rings. The van der Waals surface area contributed by atoms with Gasteiger partial charge in [0.2, 0.25) is 5.92 Å². The summed E-state index contributed by atoms with van der Waals surface area (Å²) in [5.74, 6) is -2.44. The molecule has 0 saturated heterocycles. The van der Waals surface area contributed by atoms with E-state index in [2.05, 4.69) is 15.5 Å².